The molecule has 4 heteroatoms. The van der Waals surface area contributed by atoms with Gasteiger partial charge in [0, 0.05) is 12.6 Å². The van der Waals surface area contributed by atoms with Crippen LogP contribution in [0.3, 0.4) is 0 Å². The van der Waals surface area contributed by atoms with Gasteiger partial charge in [0.15, 0.2) is 0 Å². The molecule has 0 saturated heterocycles. The summed E-state index contributed by atoms with van der Waals surface area (Å²) >= 11 is 0. The summed E-state index contributed by atoms with van der Waals surface area (Å²) in [5.41, 5.74) is 3.84. The molecule has 1 aliphatic rings. The maximum absolute atomic E-state index is 12.2. The standard InChI is InChI=1S/C23H26N2O2/c1-2-27-23(26)21-9-5-6-10-22(21)25-16-17-11-13-18(14-12-17)20-8-4-3-7-19(20)15-24/h3-4,7-8,11-14,21-22,25H,2,5-6,9-10,16H2,1H3/t21-,22+/m1/s1. The highest BCUT2D eigenvalue weighted by Gasteiger charge is 2.31. The highest BCUT2D eigenvalue weighted by Crippen LogP contribution is 2.27. The van der Waals surface area contributed by atoms with Gasteiger partial charge in [-0.05, 0) is 42.5 Å². The minimum atomic E-state index is -0.0711. The van der Waals surface area contributed by atoms with Crippen LogP contribution < -0.4 is 5.32 Å². The maximum atomic E-state index is 12.2. The van der Waals surface area contributed by atoms with Crippen molar-refractivity contribution < 1.29 is 9.53 Å². The lowest BCUT2D eigenvalue weighted by molar-refractivity contribution is -0.150. The first-order valence-electron chi connectivity index (χ1n) is 9.71. The van der Waals surface area contributed by atoms with Crippen LogP contribution in [0.5, 0.6) is 0 Å². The van der Waals surface area contributed by atoms with Crippen molar-refractivity contribution in [1.82, 2.24) is 5.32 Å². The number of hydrogen-bond acceptors (Lipinski definition) is 4. The van der Waals surface area contributed by atoms with E-state index in [9.17, 15) is 10.1 Å². The van der Waals surface area contributed by atoms with E-state index in [1.807, 2.05) is 31.2 Å². The van der Waals surface area contributed by atoms with E-state index in [0.29, 0.717) is 12.2 Å². The number of rotatable bonds is 6. The van der Waals surface area contributed by atoms with Gasteiger partial charge in [-0.3, -0.25) is 4.79 Å². The van der Waals surface area contributed by atoms with Gasteiger partial charge in [0.05, 0.1) is 24.2 Å². The van der Waals surface area contributed by atoms with Crippen LogP contribution in [-0.4, -0.2) is 18.6 Å². The van der Waals surface area contributed by atoms with Crippen LogP contribution in [0.25, 0.3) is 11.1 Å². The van der Waals surface area contributed by atoms with Crippen LogP contribution in [0, 0.1) is 17.2 Å². The number of nitriles is 1. The highest BCUT2D eigenvalue weighted by molar-refractivity contribution is 5.73. The van der Waals surface area contributed by atoms with Crippen LogP contribution in [0.15, 0.2) is 48.5 Å². The minimum Gasteiger partial charge on any atom is -0.466 e. The second-order valence-corrected chi connectivity index (χ2v) is 6.98. The molecule has 1 fully saturated rings. The number of ether oxygens (including phenoxy) is 1. The predicted molar refractivity (Wildman–Crippen MR) is 106 cm³/mol. The summed E-state index contributed by atoms with van der Waals surface area (Å²) in [5.74, 6) is -0.112. The summed E-state index contributed by atoms with van der Waals surface area (Å²) in [7, 11) is 0. The Balaban J connectivity index is 1.64. The number of nitrogens with zero attached hydrogens (tertiary/aromatic N) is 1. The molecule has 0 radical (unpaired) electrons. The molecule has 0 bridgehead atoms. The van der Waals surface area contributed by atoms with Gasteiger partial charge in [-0.15, -0.1) is 0 Å². The van der Waals surface area contributed by atoms with E-state index in [2.05, 4.69) is 35.7 Å². The maximum Gasteiger partial charge on any atom is 0.310 e. The van der Waals surface area contributed by atoms with Crippen molar-refractivity contribution in [2.75, 3.05) is 6.61 Å². The van der Waals surface area contributed by atoms with E-state index in [-0.39, 0.29) is 17.9 Å². The third kappa shape index (κ3) is 4.75. The summed E-state index contributed by atoms with van der Waals surface area (Å²) in [6, 6.07) is 18.3. The number of benzene rings is 2. The van der Waals surface area contributed by atoms with Gasteiger partial charge >= 0.3 is 5.97 Å². The molecule has 1 aliphatic carbocycles. The Morgan fingerprint density at radius 2 is 1.89 bits per heavy atom. The number of carbonyl (C=O) groups is 1. The second-order valence-electron chi connectivity index (χ2n) is 6.98. The minimum absolute atomic E-state index is 0.0412. The molecule has 0 amide bonds. The third-order valence-electron chi connectivity index (χ3n) is 5.24. The van der Waals surface area contributed by atoms with Gasteiger partial charge in [0.2, 0.25) is 0 Å². The van der Waals surface area contributed by atoms with Crippen LogP contribution in [-0.2, 0) is 16.1 Å². The van der Waals surface area contributed by atoms with Crippen LogP contribution in [0.1, 0.15) is 43.7 Å². The van der Waals surface area contributed by atoms with E-state index in [1.54, 1.807) is 0 Å². The fourth-order valence-corrected chi connectivity index (χ4v) is 3.79. The Bertz CT molecular complexity index is 808. The molecule has 3 rings (SSSR count). The molecule has 2 aromatic carbocycles. The molecule has 0 aliphatic heterocycles. The number of nitrogens with one attached hydrogen (secondary N) is 1. The zero-order chi connectivity index (χ0) is 19.1. The number of hydrogen-bond donors (Lipinski definition) is 1. The molecule has 0 unspecified atom stereocenters. The molecule has 0 spiro atoms. The quantitative estimate of drug-likeness (QED) is 0.772. The van der Waals surface area contributed by atoms with Crippen LogP contribution >= 0.6 is 0 Å². The first-order chi connectivity index (χ1) is 13.2. The Kier molecular flexibility index (Phi) is 6.62. The van der Waals surface area contributed by atoms with Crippen molar-refractivity contribution in [2.24, 2.45) is 5.92 Å². The van der Waals surface area contributed by atoms with Gasteiger partial charge in [0.25, 0.3) is 0 Å². The molecule has 27 heavy (non-hydrogen) atoms. The summed E-state index contributed by atoms with van der Waals surface area (Å²) < 4.78 is 5.24. The number of esters is 1. The monoisotopic (exact) mass is 362 g/mol. The highest BCUT2D eigenvalue weighted by atomic mass is 16.5. The van der Waals surface area contributed by atoms with Gasteiger partial charge in [0.1, 0.15) is 0 Å². The van der Waals surface area contributed by atoms with Crippen molar-refractivity contribution in [3.63, 3.8) is 0 Å². The molecule has 140 valence electrons. The molecule has 1 N–H and O–H groups in total. The summed E-state index contributed by atoms with van der Waals surface area (Å²) in [6.07, 6.45) is 4.16. The molecule has 4 nitrogen and oxygen atoms in total. The molecule has 2 aromatic rings. The Morgan fingerprint density at radius 1 is 1.15 bits per heavy atom. The summed E-state index contributed by atoms with van der Waals surface area (Å²) in [6.45, 7) is 3.02. The molecular weight excluding hydrogens is 336 g/mol. The lowest BCUT2D eigenvalue weighted by Gasteiger charge is -2.30. The normalized spacial score (nSPS) is 19.3. The summed E-state index contributed by atoms with van der Waals surface area (Å²) in [5, 5.41) is 12.8. The van der Waals surface area contributed by atoms with E-state index in [4.69, 9.17) is 4.74 Å². The molecule has 0 heterocycles. The van der Waals surface area contributed by atoms with Crippen molar-refractivity contribution in [3.8, 4) is 17.2 Å². The third-order valence-corrected chi connectivity index (χ3v) is 5.24. The fourth-order valence-electron chi connectivity index (χ4n) is 3.79. The Morgan fingerprint density at radius 3 is 2.63 bits per heavy atom. The Hall–Kier alpha value is -2.64. The van der Waals surface area contributed by atoms with Crippen molar-refractivity contribution in [1.29, 1.82) is 5.26 Å². The first-order valence-corrected chi connectivity index (χ1v) is 9.71. The molecular formula is C23H26N2O2. The molecule has 0 aromatic heterocycles. The van der Waals surface area contributed by atoms with E-state index < -0.39 is 0 Å². The van der Waals surface area contributed by atoms with Crippen LogP contribution in [0.4, 0.5) is 0 Å². The second kappa shape index (κ2) is 9.34. The predicted octanol–water partition coefficient (Wildman–Crippen LogP) is 4.44. The van der Waals surface area contributed by atoms with E-state index >= 15 is 0 Å². The SMILES string of the molecule is CCOC(=O)[C@@H]1CCCC[C@@H]1NCc1ccc(-c2ccccc2C#N)cc1. The molecule has 2 atom stereocenters. The molecule has 1 saturated carbocycles. The van der Waals surface area contributed by atoms with Gasteiger partial charge in [-0.25, -0.2) is 0 Å². The van der Waals surface area contributed by atoms with E-state index in [0.717, 1.165) is 43.4 Å². The average molecular weight is 362 g/mol. The van der Waals surface area contributed by atoms with Gasteiger partial charge in [-0.2, -0.15) is 5.26 Å². The topological polar surface area (TPSA) is 62.1 Å². The Labute approximate surface area is 161 Å². The van der Waals surface area contributed by atoms with E-state index in [1.165, 1.54) is 5.56 Å². The lowest BCUT2D eigenvalue weighted by Crippen LogP contribution is -2.42. The number of carbonyl (C=O) groups excluding carboxylic acids is 1. The van der Waals surface area contributed by atoms with Crippen molar-refractivity contribution in [2.45, 2.75) is 45.2 Å². The van der Waals surface area contributed by atoms with Crippen molar-refractivity contribution in [3.05, 3.63) is 59.7 Å². The van der Waals surface area contributed by atoms with Gasteiger partial charge < -0.3 is 10.1 Å². The zero-order valence-corrected chi connectivity index (χ0v) is 15.8. The summed E-state index contributed by atoms with van der Waals surface area (Å²) in [4.78, 5) is 12.2. The fraction of sp³-hybridized carbons (Fsp3) is 0.391. The largest absolute Gasteiger partial charge is 0.466 e. The average Bonchev–Trinajstić information content (AvgIpc) is 2.73. The smallest absolute Gasteiger partial charge is 0.310 e. The zero-order valence-electron chi connectivity index (χ0n) is 15.8. The first kappa shape index (κ1) is 19.1. The van der Waals surface area contributed by atoms with Crippen LogP contribution in [0.2, 0.25) is 0 Å². The lowest BCUT2D eigenvalue weighted by atomic mass is 9.84. The van der Waals surface area contributed by atoms with Gasteiger partial charge in [-0.1, -0.05) is 55.3 Å². The van der Waals surface area contributed by atoms with Crippen molar-refractivity contribution >= 4 is 5.97 Å².